The first-order valence-corrected chi connectivity index (χ1v) is 8.25. The Kier molecular flexibility index (Phi) is 5.54. The number of rotatable bonds is 6. The number of ether oxygens (including phenoxy) is 3. The number of carbonyl (C=O) groups excluding carboxylic acids is 1. The Balaban J connectivity index is 1.94. The van der Waals surface area contributed by atoms with E-state index < -0.39 is 5.97 Å². The quantitative estimate of drug-likeness (QED) is 0.372. The second-order valence-electron chi connectivity index (χ2n) is 5.70. The van der Waals surface area contributed by atoms with Crippen molar-refractivity contribution < 1.29 is 19.0 Å². The molecule has 0 bridgehead atoms. The predicted octanol–water partition coefficient (Wildman–Crippen LogP) is 4.58. The summed E-state index contributed by atoms with van der Waals surface area (Å²) in [6, 6.07) is 21.7. The zero-order chi connectivity index (χ0) is 18.4. The molecule has 0 aliphatic heterocycles. The molecule has 3 aromatic rings. The van der Waals surface area contributed by atoms with Gasteiger partial charge in [-0.3, -0.25) is 0 Å². The molecule has 4 heteroatoms. The average molecular weight is 348 g/mol. The van der Waals surface area contributed by atoms with Gasteiger partial charge in [0, 0.05) is 5.56 Å². The van der Waals surface area contributed by atoms with Gasteiger partial charge >= 0.3 is 5.97 Å². The van der Waals surface area contributed by atoms with E-state index >= 15 is 0 Å². The minimum absolute atomic E-state index is 0.456. The fraction of sp³-hybridized carbons (Fsp3) is 0.136. The van der Waals surface area contributed by atoms with Crippen LogP contribution >= 0.6 is 0 Å². The lowest BCUT2D eigenvalue weighted by atomic mass is 10.0. The summed E-state index contributed by atoms with van der Waals surface area (Å²) in [5, 5.41) is 2.04. The van der Waals surface area contributed by atoms with Gasteiger partial charge in [-0.05, 0) is 34.5 Å². The van der Waals surface area contributed by atoms with Gasteiger partial charge in [0.25, 0.3) is 0 Å². The molecular formula is C22H20O4. The van der Waals surface area contributed by atoms with Crippen molar-refractivity contribution in [2.45, 2.75) is 6.61 Å². The number of hydrogen-bond donors (Lipinski definition) is 0. The molecule has 0 amide bonds. The van der Waals surface area contributed by atoms with Gasteiger partial charge < -0.3 is 14.2 Å². The largest absolute Gasteiger partial charge is 0.496 e. The van der Waals surface area contributed by atoms with E-state index in [1.54, 1.807) is 0 Å². The van der Waals surface area contributed by atoms with E-state index in [0.717, 1.165) is 27.6 Å². The van der Waals surface area contributed by atoms with E-state index in [4.69, 9.17) is 14.2 Å². The lowest BCUT2D eigenvalue weighted by Gasteiger charge is -2.12. The third-order valence-corrected chi connectivity index (χ3v) is 4.03. The summed E-state index contributed by atoms with van der Waals surface area (Å²) in [6.07, 6.45) is 1.35. The standard InChI is InChI=1S/C22H20O4/c1-24-21(14-22(23)25-2)19-10-6-7-17-12-11-16(13-20(17)19)15-26-18-8-4-3-5-9-18/h3-14H,15H2,1-2H3. The fourth-order valence-electron chi connectivity index (χ4n) is 2.72. The van der Waals surface area contributed by atoms with E-state index in [1.807, 2.05) is 60.7 Å². The number of methoxy groups -OCH3 is 2. The maximum Gasteiger partial charge on any atom is 0.334 e. The van der Waals surface area contributed by atoms with Crippen molar-refractivity contribution in [1.82, 2.24) is 0 Å². The summed E-state index contributed by atoms with van der Waals surface area (Å²) in [4.78, 5) is 11.6. The SMILES string of the molecule is COC(=O)C=C(OC)c1cccc2ccc(COc3ccccc3)cc12. The first-order chi connectivity index (χ1) is 12.7. The topological polar surface area (TPSA) is 44.8 Å². The second-order valence-corrected chi connectivity index (χ2v) is 5.70. The molecule has 0 aliphatic carbocycles. The van der Waals surface area contributed by atoms with E-state index in [-0.39, 0.29) is 0 Å². The van der Waals surface area contributed by atoms with Crippen LogP contribution in [0.5, 0.6) is 5.75 Å². The van der Waals surface area contributed by atoms with Gasteiger partial charge in [-0.25, -0.2) is 4.79 Å². The van der Waals surface area contributed by atoms with Crippen molar-refractivity contribution in [1.29, 1.82) is 0 Å². The minimum Gasteiger partial charge on any atom is -0.496 e. The highest BCUT2D eigenvalue weighted by Gasteiger charge is 2.10. The number of esters is 1. The first-order valence-electron chi connectivity index (χ1n) is 8.25. The molecule has 0 atom stereocenters. The maximum atomic E-state index is 11.6. The third-order valence-electron chi connectivity index (χ3n) is 4.03. The summed E-state index contributed by atoms with van der Waals surface area (Å²) in [5.74, 6) is 0.829. The lowest BCUT2D eigenvalue weighted by Crippen LogP contribution is -2.00. The van der Waals surface area contributed by atoms with Crippen LogP contribution in [0.2, 0.25) is 0 Å². The summed E-state index contributed by atoms with van der Waals surface area (Å²) in [7, 11) is 2.88. The molecule has 0 spiro atoms. The molecule has 0 heterocycles. The minimum atomic E-state index is -0.456. The zero-order valence-electron chi connectivity index (χ0n) is 14.8. The number of hydrogen-bond acceptors (Lipinski definition) is 4. The Morgan fingerprint density at radius 2 is 1.73 bits per heavy atom. The fourth-order valence-corrected chi connectivity index (χ4v) is 2.72. The Bertz CT molecular complexity index is 929. The molecule has 0 fully saturated rings. The normalized spacial score (nSPS) is 11.2. The van der Waals surface area contributed by atoms with E-state index in [0.29, 0.717) is 12.4 Å². The van der Waals surface area contributed by atoms with Crippen LogP contribution in [0.25, 0.3) is 16.5 Å². The molecule has 0 radical (unpaired) electrons. The Morgan fingerprint density at radius 3 is 2.46 bits per heavy atom. The molecule has 26 heavy (non-hydrogen) atoms. The highest BCUT2D eigenvalue weighted by Crippen LogP contribution is 2.27. The van der Waals surface area contributed by atoms with Gasteiger partial charge in [-0.2, -0.15) is 0 Å². The maximum absolute atomic E-state index is 11.6. The van der Waals surface area contributed by atoms with Crippen LogP contribution in [0, 0.1) is 0 Å². The number of benzene rings is 3. The summed E-state index contributed by atoms with van der Waals surface area (Å²) in [6.45, 7) is 0.456. The van der Waals surface area contributed by atoms with E-state index in [1.165, 1.54) is 20.3 Å². The molecule has 4 nitrogen and oxygen atoms in total. The van der Waals surface area contributed by atoms with Crippen LogP contribution in [0.3, 0.4) is 0 Å². The predicted molar refractivity (Wildman–Crippen MR) is 102 cm³/mol. The van der Waals surface area contributed by atoms with Gasteiger partial charge in [0.05, 0.1) is 20.3 Å². The number of carbonyl (C=O) groups is 1. The van der Waals surface area contributed by atoms with Crippen LogP contribution in [0.1, 0.15) is 11.1 Å². The lowest BCUT2D eigenvalue weighted by molar-refractivity contribution is -0.134. The van der Waals surface area contributed by atoms with Gasteiger partial charge in [-0.15, -0.1) is 0 Å². The Labute approximate surface area is 152 Å². The zero-order valence-corrected chi connectivity index (χ0v) is 14.8. The van der Waals surface area contributed by atoms with Gasteiger partial charge in [0.15, 0.2) is 0 Å². The molecule has 3 aromatic carbocycles. The molecule has 0 aromatic heterocycles. The average Bonchev–Trinajstić information content (AvgIpc) is 2.70. The molecule has 0 N–H and O–H groups in total. The molecule has 0 saturated heterocycles. The smallest absolute Gasteiger partial charge is 0.334 e. The van der Waals surface area contributed by atoms with Crippen LogP contribution in [-0.4, -0.2) is 20.2 Å². The Morgan fingerprint density at radius 1 is 0.923 bits per heavy atom. The van der Waals surface area contributed by atoms with Crippen molar-refractivity contribution >= 4 is 22.5 Å². The molecule has 0 unspecified atom stereocenters. The monoisotopic (exact) mass is 348 g/mol. The van der Waals surface area contributed by atoms with Crippen molar-refractivity contribution in [2.24, 2.45) is 0 Å². The van der Waals surface area contributed by atoms with E-state index in [9.17, 15) is 4.79 Å². The highest BCUT2D eigenvalue weighted by molar-refractivity contribution is 5.97. The number of para-hydroxylation sites is 1. The van der Waals surface area contributed by atoms with Crippen LogP contribution in [0.15, 0.2) is 72.8 Å². The van der Waals surface area contributed by atoms with Gasteiger partial charge in [0.2, 0.25) is 0 Å². The van der Waals surface area contributed by atoms with Crippen molar-refractivity contribution in [2.75, 3.05) is 14.2 Å². The molecule has 132 valence electrons. The van der Waals surface area contributed by atoms with Crippen LogP contribution < -0.4 is 4.74 Å². The van der Waals surface area contributed by atoms with E-state index in [2.05, 4.69) is 6.07 Å². The van der Waals surface area contributed by atoms with Crippen LogP contribution in [0.4, 0.5) is 0 Å². The van der Waals surface area contributed by atoms with Crippen molar-refractivity contribution in [3.05, 3.63) is 83.9 Å². The van der Waals surface area contributed by atoms with Gasteiger partial charge in [0.1, 0.15) is 18.1 Å². The summed E-state index contributed by atoms with van der Waals surface area (Å²) >= 11 is 0. The molecule has 0 aliphatic rings. The van der Waals surface area contributed by atoms with Crippen LogP contribution in [-0.2, 0) is 20.9 Å². The second kappa shape index (κ2) is 8.21. The summed E-state index contributed by atoms with van der Waals surface area (Å²) < 4.78 is 16.0. The third kappa shape index (κ3) is 4.03. The molecular weight excluding hydrogens is 328 g/mol. The number of fused-ring (bicyclic) bond motifs is 1. The Hall–Kier alpha value is -3.27. The summed E-state index contributed by atoms with van der Waals surface area (Å²) in [5.41, 5.74) is 1.86. The van der Waals surface area contributed by atoms with Crippen molar-refractivity contribution in [3.8, 4) is 5.75 Å². The van der Waals surface area contributed by atoms with Gasteiger partial charge in [-0.1, -0.05) is 48.5 Å². The first kappa shape index (κ1) is 17.5. The molecule has 0 saturated carbocycles. The molecule has 3 rings (SSSR count). The highest BCUT2D eigenvalue weighted by atomic mass is 16.5. The van der Waals surface area contributed by atoms with Crippen molar-refractivity contribution in [3.63, 3.8) is 0 Å².